The first-order valence-electron chi connectivity index (χ1n) is 16.7. The number of amides is 2. The van der Waals surface area contributed by atoms with Crippen molar-refractivity contribution in [1.82, 2.24) is 30.6 Å². The standard InChI is InChI=1S/C19H18FN5O.C13H13ClN4O.C6H6FN.2O2S/c1-12-5-3-4-6-16(12)24-17-15(18(26)21-2)11-22-19(25-17)23-14-9-7-13(20)8-10-14;1-8-5-3-4-6-10(8)17-11-9(12(19)15-2)7-16-13(14)18-11;7-5-1-3-6(8)4-2-5;2*1-3-2/h3-11H,1-2H3,(H,21,26)(H2,22,23,24,25);3-7H,1-2H3,(H,15,19)(H,16,17,18);1-4H,8H2;;. The summed E-state index contributed by atoms with van der Waals surface area (Å²) < 4.78 is 58.2. The molecule has 6 aromatic rings. The van der Waals surface area contributed by atoms with Crippen LogP contribution < -0.4 is 32.3 Å². The molecule has 21 heteroatoms. The fourth-order valence-corrected chi connectivity index (χ4v) is 4.53. The van der Waals surface area contributed by atoms with Gasteiger partial charge in [-0.3, -0.25) is 9.59 Å². The Morgan fingerprint density at radius 3 is 1.44 bits per heavy atom. The van der Waals surface area contributed by atoms with Crippen LogP contribution in [0, 0.1) is 25.5 Å². The van der Waals surface area contributed by atoms with E-state index < -0.39 is 23.1 Å². The molecule has 0 spiro atoms. The van der Waals surface area contributed by atoms with Crippen LogP contribution in [0.2, 0.25) is 5.28 Å². The van der Waals surface area contributed by atoms with E-state index in [1.807, 2.05) is 62.4 Å². The number of nitrogens with two attached hydrogens (primary N) is 1. The van der Waals surface area contributed by atoms with Gasteiger partial charge in [-0.1, -0.05) is 36.4 Å². The van der Waals surface area contributed by atoms with E-state index in [2.05, 4.69) is 46.5 Å². The summed E-state index contributed by atoms with van der Waals surface area (Å²) in [4.78, 5) is 40.3. The molecule has 0 aliphatic carbocycles. The smallest absolute Gasteiger partial charge is 0.335 e. The van der Waals surface area contributed by atoms with Crippen LogP contribution in [-0.2, 0) is 23.1 Å². The minimum Gasteiger partial charge on any atom is -0.399 e. The Morgan fingerprint density at radius 1 is 0.610 bits per heavy atom. The van der Waals surface area contributed by atoms with Crippen molar-refractivity contribution < 1.29 is 35.2 Å². The Labute approximate surface area is 349 Å². The average molecular weight is 867 g/mol. The Balaban J connectivity index is 0.000000315. The fraction of sp³-hybridized carbons (Fsp3) is 0.105. The van der Waals surface area contributed by atoms with Crippen molar-refractivity contribution in [3.8, 4) is 0 Å². The number of nitrogen functional groups attached to an aromatic ring is 1. The number of nitrogens with one attached hydrogen (secondary N) is 5. The van der Waals surface area contributed by atoms with Crippen LogP contribution in [0.5, 0.6) is 0 Å². The molecule has 2 aromatic heterocycles. The van der Waals surface area contributed by atoms with Gasteiger partial charge in [0.1, 0.15) is 34.4 Å². The van der Waals surface area contributed by atoms with Gasteiger partial charge in [-0.25, -0.2) is 18.7 Å². The van der Waals surface area contributed by atoms with Crippen molar-refractivity contribution in [3.05, 3.63) is 149 Å². The maximum Gasteiger partial charge on any atom is 0.335 e. The number of nitrogens with zero attached hydrogens (tertiary/aromatic N) is 4. The number of halogens is 3. The zero-order chi connectivity index (χ0) is 43.7. The predicted molar refractivity (Wildman–Crippen MR) is 223 cm³/mol. The van der Waals surface area contributed by atoms with Gasteiger partial charge >= 0.3 is 23.1 Å². The maximum absolute atomic E-state index is 13.0. The SMILES string of the molecule is CNC(=O)c1cnc(Cl)nc1Nc1ccccc1C.CNC(=O)c1cnc(Nc2ccc(F)cc2)nc1Nc1ccccc1C.Nc1ccc(F)cc1.O=S=O.O=S=O. The van der Waals surface area contributed by atoms with Crippen LogP contribution in [0.3, 0.4) is 0 Å². The summed E-state index contributed by atoms with van der Waals surface area (Å²) in [6.07, 6.45) is 2.84. The highest BCUT2D eigenvalue weighted by atomic mass is 35.5. The molecule has 6 rings (SSSR count). The summed E-state index contributed by atoms with van der Waals surface area (Å²) in [7, 11) is 3.10. The number of rotatable bonds is 8. The predicted octanol–water partition coefficient (Wildman–Crippen LogP) is 6.38. The van der Waals surface area contributed by atoms with Crippen LogP contribution in [-0.4, -0.2) is 62.7 Å². The third kappa shape index (κ3) is 16.9. The summed E-state index contributed by atoms with van der Waals surface area (Å²) in [5, 5.41) is 14.5. The molecule has 0 radical (unpaired) electrons. The summed E-state index contributed by atoms with van der Waals surface area (Å²) in [5.41, 5.74) is 10.9. The second-order valence-electron chi connectivity index (χ2n) is 11.2. The van der Waals surface area contributed by atoms with Crippen molar-refractivity contribution in [3.63, 3.8) is 0 Å². The lowest BCUT2D eigenvalue weighted by molar-refractivity contribution is 0.0955. The quantitative estimate of drug-likeness (QED) is 0.0719. The van der Waals surface area contributed by atoms with Crippen LogP contribution in [0.15, 0.2) is 109 Å². The van der Waals surface area contributed by atoms with Crippen LogP contribution >= 0.6 is 11.6 Å². The summed E-state index contributed by atoms with van der Waals surface area (Å²) in [5.74, 6) is -0.0954. The number of hydrogen-bond donors (Lipinski definition) is 6. The Bertz CT molecular complexity index is 2340. The topological polar surface area (TPSA) is 240 Å². The molecule has 2 amide bonds. The lowest BCUT2D eigenvalue weighted by Crippen LogP contribution is -2.20. The first kappa shape index (κ1) is 48.1. The van der Waals surface area contributed by atoms with Crippen LogP contribution in [0.1, 0.15) is 31.8 Å². The third-order valence-corrected chi connectivity index (χ3v) is 7.44. The normalized spacial score (nSPS) is 9.41. The van der Waals surface area contributed by atoms with Crippen molar-refractivity contribution in [2.45, 2.75) is 13.8 Å². The van der Waals surface area contributed by atoms with Gasteiger partial charge in [-0.15, -0.1) is 0 Å². The van der Waals surface area contributed by atoms with Gasteiger partial charge in [0.15, 0.2) is 0 Å². The summed E-state index contributed by atoms with van der Waals surface area (Å²) >= 11 is 4.28. The van der Waals surface area contributed by atoms with Crippen LogP contribution in [0.25, 0.3) is 0 Å². The third-order valence-electron chi connectivity index (χ3n) is 7.26. The number of anilines is 7. The van der Waals surface area contributed by atoms with Crippen LogP contribution in [0.4, 0.5) is 49.1 Å². The van der Waals surface area contributed by atoms with E-state index in [0.29, 0.717) is 40.1 Å². The van der Waals surface area contributed by atoms with E-state index in [4.69, 9.17) is 34.2 Å². The molecule has 0 bridgehead atoms. The molecule has 0 saturated heterocycles. The van der Waals surface area contributed by atoms with Gasteiger partial charge in [-0.2, -0.15) is 26.8 Å². The summed E-state index contributed by atoms with van der Waals surface area (Å²) in [6.45, 7) is 3.92. The second-order valence-corrected chi connectivity index (χ2v) is 11.8. The number of para-hydroxylation sites is 2. The average Bonchev–Trinajstić information content (AvgIpc) is 3.22. The van der Waals surface area contributed by atoms with Gasteiger partial charge in [-0.05, 0) is 97.2 Å². The molecule has 0 aliphatic heterocycles. The fourth-order valence-electron chi connectivity index (χ4n) is 4.40. The molecule has 2 heterocycles. The van der Waals surface area contributed by atoms with Crippen molar-refractivity contribution in [1.29, 1.82) is 0 Å². The molecule has 7 N–H and O–H groups in total. The molecule has 59 heavy (non-hydrogen) atoms. The number of carbonyl (C=O) groups is 2. The van der Waals surface area contributed by atoms with Crippen molar-refractivity contribution >= 4 is 86.9 Å². The molecule has 16 nitrogen and oxygen atoms in total. The highest BCUT2D eigenvalue weighted by molar-refractivity contribution is 7.51. The van der Waals surface area contributed by atoms with E-state index in [0.717, 1.165) is 22.5 Å². The Kier molecular flexibility index (Phi) is 21.2. The molecule has 0 aliphatic rings. The molecule has 0 fully saturated rings. The minimum atomic E-state index is -0.750. The van der Waals surface area contributed by atoms with E-state index in [1.165, 1.54) is 48.8 Å². The lowest BCUT2D eigenvalue weighted by atomic mass is 10.2. The molecule has 0 unspecified atom stereocenters. The molecular weight excluding hydrogens is 830 g/mol. The number of aromatic nitrogens is 4. The second kappa shape index (κ2) is 26.0. The number of hydrogen-bond acceptors (Lipinski definition) is 14. The van der Waals surface area contributed by atoms with E-state index in [9.17, 15) is 18.4 Å². The van der Waals surface area contributed by atoms with E-state index in [1.54, 1.807) is 26.2 Å². The van der Waals surface area contributed by atoms with Crippen molar-refractivity contribution in [2.24, 2.45) is 0 Å². The largest absolute Gasteiger partial charge is 0.399 e. The highest BCUT2D eigenvalue weighted by Gasteiger charge is 2.16. The van der Waals surface area contributed by atoms with E-state index in [-0.39, 0.29) is 28.7 Å². The van der Waals surface area contributed by atoms with Crippen molar-refractivity contribution in [2.75, 3.05) is 35.8 Å². The van der Waals surface area contributed by atoms with Gasteiger partial charge in [0.2, 0.25) is 11.2 Å². The number of aryl methyl sites for hydroxylation is 2. The monoisotopic (exact) mass is 866 g/mol. The zero-order valence-corrected chi connectivity index (χ0v) is 34.0. The molecule has 308 valence electrons. The minimum absolute atomic E-state index is 0.0868. The molecular formula is C38H37ClF2N10O6S2. The van der Waals surface area contributed by atoms with Gasteiger partial charge in [0.05, 0.1) is 0 Å². The van der Waals surface area contributed by atoms with Gasteiger partial charge in [0, 0.05) is 49.2 Å². The first-order valence-corrected chi connectivity index (χ1v) is 18.4. The summed E-state index contributed by atoms with van der Waals surface area (Å²) in [6, 6.07) is 26.9. The number of carbonyl (C=O) groups excluding carboxylic acids is 2. The Hall–Kier alpha value is -7.03. The van der Waals surface area contributed by atoms with Gasteiger partial charge in [0.25, 0.3) is 11.8 Å². The Morgan fingerprint density at radius 2 is 1.02 bits per heavy atom. The molecule has 0 atom stereocenters. The van der Waals surface area contributed by atoms with Gasteiger partial charge < -0.3 is 32.3 Å². The maximum atomic E-state index is 13.0. The zero-order valence-electron chi connectivity index (χ0n) is 31.7. The highest BCUT2D eigenvalue weighted by Crippen LogP contribution is 2.25. The molecule has 4 aromatic carbocycles. The number of benzene rings is 4. The van der Waals surface area contributed by atoms with E-state index >= 15 is 0 Å². The molecule has 0 saturated carbocycles. The first-order chi connectivity index (χ1) is 28.3. The lowest BCUT2D eigenvalue weighted by Gasteiger charge is -2.13.